The van der Waals surface area contributed by atoms with Gasteiger partial charge in [0.15, 0.2) is 0 Å². The Hall–Kier alpha value is -1.13. The highest BCUT2D eigenvalue weighted by Gasteiger charge is 2.23. The van der Waals surface area contributed by atoms with Crippen molar-refractivity contribution in [3.05, 3.63) is 62.0 Å². The Morgan fingerprint density at radius 1 is 1.10 bits per heavy atom. The van der Waals surface area contributed by atoms with E-state index < -0.39 is 0 Å². The normalized spacial score (nSPS) is 14.0. The van der Waals surface area contributed by atoms with Gasteiger partial charge in [0.2, 0.25) is 0 Å². The highest BCUT2D eigenvalue weighted by Crippen LogP contribution is 2.30. The van der Waals surface area contributed by atoms with Crippen LogP contribution in [0.1, 0.15) is 27.9 Å². The molecule has 0 atom stereocenters. The second-order valence-corrected chi connectivity index (χ2v) is 7.18. The van der Waals surface area contributed by atoms with E-state index in [9.17, 15) is 4.79 Å². The second-order valence-electron chi connectivity index (χ2n) is 5.35. The first-order valence-electron chi connectivity index (χ1n) is 6.92. The maximum Gasteiger partial charge on any atom is 0.258 e. The third kappa shape index (κ3) is 3.06. The van der Waals surface area contributed by atoms with Gasteiger partial charge in [0, 0.05) is 26.7 Å². The summed E-state index contributed by atoms with van der Waals surface area (Å²) < 4.78 is 1.81. The third-order valence-electron chi connectivity index (χ3n) is 3.71. The molecular weight excluding hydrogens is 394 g/mol. The summed E-state index contributed by atoms with van der Waals surface area (Å²) in [6.07, 6.45) is 2.06. The Morgan fingerprint density at radius 3 is 2.52 bits per heavy atom. The Morgan fingerprint density at radius 2 is 1.81 bits per heavy atom. The fourth-order valence-corrected chi connectivity index (χ4v) is 4.06. The van der Waals surface area contributed by atoms with Crippen molar-refractivity contribution in [2.24, 2.45) is 0 Å². The van der Waals surface area contributed by atoms with Crippen molar-refractivity contribution in [2.75, 3.05) is 11.4 Å². The number of benzene rings is 2. The Labute approximate surface area is 141 Å². The van der Waals surface area contributed by atoms with Crippen molar-refractivity contribution in [3.63, 3.8) is 0 Å². The molecule has 0 spiro atoms. The summed E-state index contributed by atoms with van der Waals surface area (Å²) in [7, 11) is 0. The summed E-state index contributed by atoms with van der Waals surface area (Å²) in [5, 5.41) is 0. The van der Waals surface area contributed by atoms with E-state index >= 15 is 0 Å². The van der Waals surface area contributed by atoms with E-state index in [1.807, 2.05) is 23.1 Å². The Kier molecular flexibility index (Phi) is 4.18. The van der Waals surface area contributed by atoms with Gasteiger partial charge >= 0.3 is 0 Å². The van der Waals surface area contributed by atoms with Gasteiger partial charge in [0.1, 0.15) is 0 Å². The van der Waals surface area contributed by atoms with Crippen molar-refractivity contribution in [1.29, 1.82) is 0 Å². The molecule has 0 radical (unpaired) electrons. The number of anilines is 1. The van der Waals surface area contributed by atoms with Crippen LogP contribution in [0, 0.1) is 6.92 Å². The lowest BCUT2D eigenvalue weighted by molar-refractivity contribution is 0.0985. The molecule has 1 aliphatic heterocycles. The average molecular weight is 409 g/mol. The molecule has 0 N–H and O–H groups in total. The van der Waals surface area contributed by atoms with E-state index in [1.54, 1.807) is 0 Å². The number of hydrogen-bond donors (Lipinski definition) is 0. The SMILES string of the molecule is Cc1ccc2c(c1)CCCN2C(=O)c1cc(Br)cc(Br)c1. The maximum absolute atomic E-state index is 12.8. The monoisotopic (exact) mass is 407 g/mol. The molecule has 2 aromatic rings. The summed E-state index contributed by atoms with van der Waals surface area (Å²) >= 11 is 6.89. The van der Waals surface area contributed by atoms with Crippen molar-refractivity contribution >= 4 is 43.5 Å². The molecule has 0 saturated carbocycles. The number of halogens is 2. The minimum absolute atomic E-state index is 0.0572. The van der Waals surface area contributed by atoms with Crippen LogP contribution in [0.3, 0.4) is 0 Å². The zero-order chi connectivity index (χ0) is 15.0. The molecular formula is C17H15Br2NO. The molecule has 0 unspecified atom stereocenters. The van der Waals surface area contributed by atoms with E-state index in [2.05, 4.69) is 57.0 Å². The number of hydrogen-bond acceptors (Lipinski definition) is 1. The number of aryl methyl sites for hydroxylation is 2. The van der Waals surface area contributed by atoms with Crippen molar-refractivity contribution < 1.29 is 4.79 Å². The topological polar surface area (TPSA) is 20.3 Å². The van der Waals surface area contributed by atoms with Crippen LogP contribution in [-0.2, 0) is 6.42 Å². The second kappa shape index (κ2) is 5.93. The maximum atomic E-state index is 12.8. The van der Waals surface area contributed by atoms with Crippen LogP contribution in [-0.4, -0.2) is 12.5 Å². The molecule has 2 aromatic carbocycles. The number of amides is 1. The lowest BCUT2D eigenvalue weighted by Crippen LogP contribution is -2.35. The first-order valence-corrected chi connectivity index (χ1v) is 8.51. The predicted octanol–water partition coefficient (Wildman–Crippen LogP) is 5.11. The van der Waals surface area contributed by atoms with Crippen LogP contribution in [0.5, 0.6) is 0 Å². The molecule has 4 heteroatoms. The molecule has 1 amide bonds. The van der Waals surface area contributed by atoms with Crippen molar-refractivity contribution in [1.82, 2.24) is 0 Å². The molecule has 0 fully saturated rings. The van der Waals surface area contributed by atoms with E-state index in [0.29, 0.717) is 5.56 Å². The number of carbonyl (C=O) groups is 1. The molecule has 3 rings (SSSR count). The quantitative estimate of drug-likeness (QED) is 0.641. The molecule has 0 aromatic heterocycles. The number of carbonyl (C=O) groups excluding carboxylic acids is 1. The summed E-state index contributed by atoms with van der Waals surface area (Å²) in [6, 6.07) is 12.0. The Bertz CT molecular complexity index is 692. The van der Waals surface area contributed by atoms with Gasteiger partial charge < -0.3 is 4.90 Å². The standard InChI is InChI=1S/C17H15Br2NO/c1-11-4-5-16-12(7-11)3-2-6-20(16)17(21)13-8-14(18)10-15(19)9-13/h4-5,7-10H,2-3,6H2,1H3. The van der Waals surface area contributed by atoms with Gasteiger partial charge in [-0.3, -0.25) is 4.79 Å². The molecule has 0 bridgehead atoms. The zero-order valence-electron chi connectivity index (χ0n) is 11.7. The lowest BCUT2D eigenvalue weighted by Gasteiger charge is -2.30. The van der Waals surface area contributed by atoms with Crippen LogP contribution in [0.2, 0.25) is 0 Å². The van der Waals surface area contributed by atoms with Gasteiger partial charge in [-0.2, -0.15) is 0 Å². The molecule has 2 nitrogen and oxygen atoms in total. The fraction of sp³-hybridized carbons (Fsp3) is 0.235. The average Bonchev–Trinajstić information content (AvgIpc) is 2.44. The van der Waals surface area contributed by atoms with Gasteiger partial charge in [-0.15, -0.1) is 0 Å². The summed E-state index contributed by atoms with van der Waals surface area (Å²) in [5.74, 6) is 0.0572. The van der Waals surface area contributed by atoms with Crippen LogP contribution in [0.25, 0.3) is 0 Å². The largest absolute Gasteiger partial charge is 0.308 e. The van der Waals surface area contributed by atoms with Crippen LogP contribution in [0.4, 0.5) is 5.69 Å². The van der Waals surface area contributed by atoms with Gasteiger partial charge in [0.25, 0.3) is 5.91 Å². The summed E-state index contributed by atoms with van der Waals surface area (Å²) in [5.41, 5.74) is 4.26. The smallest absolute Gasteiger partial charge is 0.258 e. The van der Waals surface area contributed by atoms with E-state index in [1.165, 1.54) is 11.1 Å². The highest BCUT2D eigenvalue weighted by molar-refractivity contribution is 9.11. The molecule has 1 aliphatic rings. The van der Waals surface area contributed by atoms with Crippen molar-refractivity contribution in [2.45, 2.75) is 19.8 Å². The minimum atomic E-state index is 0.0572. The van der Waals surface area contributed by atoms with E-state index in [0.717, 1.165) is 34.0 Å². The van der Waals surface area contributed by atoms with Gasteiger partial charge in [-0.25, -0.2) is 0 Å². The summed E-state index contributed by atoms with van der Waals surface area (Å²) in [6.45, 7) is 2.87. The summed E-state index contributed by atoms with van der Waals surface area (Å²) in [4.78, 5) is 14.7. The van der Waals surface area contributed by atoms with E-state index in [-0.39, 0.29) is 5.91 Å². The zero-order valence-corrected chi connectivity index (χ0v) is 14.9. The first kappa shape index (κ1) is 14.8. The van der Waals surface area contributed by atoms with Crippen LogP contribution < -0.4 is 4.90 Å². The number of fused-ring (bicyclic) bond motifs is 1. The highest BCUT2D eigenvalue weighted by atomic mass is 79.9. The predicted molar refractivity (Wildman–Crippen MR) is 93.0 cm³/mol. The fourth-order valence-electron chi connectivity index (χ4n) is 2.77. The molecule has 0 aliphatic carbocycles. The molecule has 108 valence electrons. The minimum Gasteiger partial charge on any atom is -0.308 e. The van der Waals surface area contributed by atoms with Gasteiger partial charge in [-0.05, 0) is 49.6 Å². The molecule has 21 heavy (non-hydrogen) atoms. The number of rotatable bonds is 1. The van der Waals surface area contributed by atoms with Gasteiger partial charge in [-0.1, -0.05) is 49.6 Å². The first-order chi connectivity index (χ1) is 10.0. The number of nitrogens with zero attached hydrogens (tertiary/aromatic N) is 1. The van der Waals surface area contributed by atoms with Gasteiger partial charge in [0.05, 0.1) is 0 Å². The molecule has 0 saturated heterocycles. The molecule has 1 heterocycles. The van der Waals surface area contributed by atoms with Crippen LogP contribution in [0.15, 0.2) is 45.3 Å². The van der Waals surface area contributed by atoms with Crippen LogP contribution >= 0.6 is 31.9 Å². The van der Waals surface area contributed by atoms with Crippen molar-refractivity contribution in [3.8, 4) is 0 Å². The third-order valence-corrected chi connectivity index (χ3v) is 4.62. The Balaban J connectivity index is 2.00. The lowest BCUT2D eigenvalue weighted by atomic mass is 9.99. The van der Waals surface area contributed by atoms with E-state index in [4.69, 9.17) is 0 Å².